The molecule has 0 amide bonds. The zero-order valence-corrected chi connectivity index (χ0v) is 13.0. The SMILES string of the molecule is COC(=O)c1cc(I)c(N(C)C)c(I)c1. The van der Waals surface area contributed by atoms with Crippen LogP contribution < -0.4 is 4.90 Å². The fraction of sp³-hybridized carbons (Fsp3) is 0.300. The molecule has 5 heteroatoms. The minimum absolute atomic E-state index is 0.295. The van der Waals surface area contributed by atoms with E-state index < -0.39 is 0 Å². The van der Waals surface area contributed by atoms with Crippen LogP contribution in [0.2, 0.25) is 0 Å². The van der Waals surface area contributed by atoms with Crippen molar-refractivity contribution in [1.82, 2.24) is 0 Å². The van der Waals surface area contributed by atoms with Gasteiger partial charge in [0.15, 0.2) is 0 Å². The van der Waals surface area contributed by atoms with Crippen LogP contribution in [0, 0.1) is 7.14 Å². The molecule has 0 aromatic heterocycles. The van der Waals surface area contributed by atoms with E-state index >= 15 is 0 Å². The molecule has 0 saturated heterocycles. The molecule has 0 bridgehead atoms. The van der Waals surface area contributed by atoms with Gasteiger partial charge in [0.1, 0.15) is 0 Å². The van der Waals surface area contributed by atoms with Gasteiger partial charge < -0.3 is 9.64 Å². The summed E-state index contributed by atoms with van der Waals surface area (Å²) in [5, 5.41) is 0. The molecular weight excluding hydrogens is 420 g/mol. The molecular formula is C10H11I2NO2. The molecule has 0 aliphatic heterocycles. The van der Waals surface area contributed by atoms with E-state index in [4.69, 9.17) is 0 Å². The van der Waals surface area contributed by atoms with Crippen LogP contribution in [0.15, 0.2) is 12.1 Å². The molecule has 0 N–H and O–H groups in total. The zero-order valence-electron chi connectivity index (χ0n) is 8.67. The lowest BCUT2D eigenvalue weighted by molar-refractivity contribution is 0.0600. The van der Waals surface area contributed by atoms with E-state index in [0.29, 0.717) is 5.56 Å². The number of carbonyl (C=O) groups excluding carboxylic acids is 1. The number of nitrogens with zero attached hydrogens (tertiary/aromatic N) is 1. The summed E-state index contributed by atoms with van der Waals surface area (Å²) >= 11 is 4.44. The monoisotopic (exact) mass is 431 g/mol. The predicted octanol–water partition coefficient (Wildman–Crippen LogP) is 2.75. The maximum absolute atomic E-state index is 11.4. The highest BCUT2D eigenvalue weighted by atomic mass is 127. The van der Waals surface area contributed by atoms with Crippen molar-refractivity contribution in [2.45, 2.75) is 0 Å². The van der Waals surface area contributed by atoms with Crippen LogP contribution in [-0.2, 0) is 4.74 Å². The lowest BCUT2D eigenvalue weighted by atomic mass is 10.2. The van der Waals surface area contributed by atoms with Gasteiger partial charge in [-0.15, -0.1) is 0 Å². The molecule has 0 aliphatic rings. The van der Waals surface area contributed by atoms with E-state index in [0.717, 1.165) is 12.8 Å². The molecule has 0 spiro atoms. The number of methoxy groups -OCH3 is 1. The molecule has 1 aromatic rings. The van der Waals surface area contributed by atoms with Gasteiger partial charge >= 0.3 is 5.97 Å². The van der Waals surface area contributed by atoms with E-state index in [2.05, 4.69) is 49.9 Å². The van der Waals surface area contributed by atoms with Crippen LogP contribution in [0.1, 0.15) is 10.4 Å². The maximum atomic E-state index is 11.4. The van der Waals surface area contributed by atoms with E-state index in [9.17, 15) is 4.79 Å². The first-order valence-corrected chi connectivity index (χ1v) is 6.37. The minimum Gasteiger partial charge on any atom is -0.465 e. The third-order valence-corrected chi connectivity index (χ3v) is 3.53. The summed E-state index contributed by atoms with van der Waals surface area (Å²) in [6.45, 7) is 0. The van der Waals surface area contributed by atoms with Crippen LogP contribution >= 0.6 is 45.2 Å². The molecule has 3 nitrogen and oxygen atoms in total. The summed E-state index contributed by atoms with van der Waals surface area (Å²) in [5.74, 6) is -0.295. The van der Waals surface area contributed by atoms with E-state index in [1.54, 1.807) is 0 Å². The zero-order chi connectivity index (χ0) is 11.6. The number of ether oxygens (including phenoxy) is 1. The Hall–Kier alpha value is -0.0500. The van der Waals surface area contributed by atoms with Crippen molar-refractivity contribution >= 4 is 56.8 Å². The lowest BCUT2D eigenvalue weighted by Gasteiger charge is -2.17. The highest BCUT2D eigenvalue weighted by Crippen LogP contribution is 2.28. The normalized spacial score (nSPS) is 9.93. The summed E-state index contributed by atoms with van der Waals surface area (Å²) in [4.78, 5) is 13.4. The average Bonchev–Trinajstić information content (AvgIpc) is 2.14. The van der Waals surface area contributed by atoms with Gasteiger partial charge in [-0.25, -0.2) is 4.79 Å². The number of esters is 1. The van der Waals surface area contributed by atoms with Crippen molar-refractivity contribution in [3.8, 4) is 0 Å². The van der Waals surface area contributed by atoms with Crippen molar-refractivity contribution in [3.05, 3.63) is 24.8 Å². The number of halogens is 2. The number of benzene rings is 1. The second kappa shape index (κ2) is 5.33. The number of anilines is 1. The Morgan fingerprint density at radius 1 is 1.27 bits per heavy atom. The number of hydrogen-bond donors (Lipinski definition) is 0. The second-order valence-corrected chi connectivity index (χ2v) is 5.50. The van der Waals surface area contributed by atoms with Gasteiger partial charge in [-0.2, -0.15) is 0 Å². The molecule has 1 aromatic carbocycles. The van der Waals surface area contributed by atoms with Gasteiger partial charge in [0.05, 0.1) is 18.4 Å². The maximum Gasteiger partial charge on any atom is 0.337 e. The molecule has 82 valence electrons. The highest BCUT2D eigenvalue weighted by molar-refractivity contribution is 14.1. The molecule has 1 rings (SSSR count). The standard InChI is InChI=1S/C10H11I2NO2/c1-13(2)9-7(11)4-6(5-8(9)12)10(14)15-3/h4-5H,1-3H3. The Bertz CT molecular complexity index is 368. The van der Waals surface area contributed by atoms with Crippen molar-refractivity contribution in [2.75, 3.05) is 26.1 Å². The Labute approximate surface area is 116 Å². The molecule has 0 atom stereocenters. The fourth-order valence-corrected chi connectivity index (χ4v) is 3.96. The first kappa shape index (κ1) is 13.0. The van der Waals surface area contributed by atoms with Gasteiger partial charge in [0.25, 0.3) is 0 Å². The summed E-state index contributed by atoms with van der Waals surface area (Å²) in [7, 11) is 5.36. The van der Waals surface area contributed by atoms with E-state index in [-0.39, 0.29) is 5.97 Å². The smallest absolute Gasteiger partial charge is 0.337 e. The van der Waals surface area contributed by atoms with Gasteiger partial charge in [-0.1, -0.05) is 0 Å². The van der Waals surface area contributed by atoms with Crippen molar-refractivity contribution < 1.29 is 9.53 Å². The van der Waals surface area contributed by atoms with E-state index in [1.807, 2.05) is 31.1 Å². The largest absolute Gasteiger partial charge is 0.465 e. The van der Waals surface area contributed by atoms with E-state index in [1.165, 1.54) is 7.11 Å². The van der Waals surface area contributed by atoms with Gasteiger partial charge in [0, 0.05) is 21.2 Å². The first-order chi connectivity index (χ1) is 6.97. The summed E-state index contributed by atoms with van der Waals surface area (Å²) in [5.41, 5.74) is 1.72. The van der Waals surface area contributed by atoms with Crippen LogP contribution in [0.4, 0.5) is 5.69 Å². The third-order valence-electron chi connectivity index (χ3n) is 1.89. The Kier molecular flexibility index (Phi) is 4.63. The lowest BCUT2D eigenvalue weighted by Crippen LogP contribution is -2.13. The summed E-state index contributed by atoms with van der Waals surface area (Å²) < 4.78 is 6.78. The molecule has 0 radical (unpaired) electrons. The Balaban J connectivity index is 3.25. The van der Waals surface area contributed by atoms with Gasteiger partial charge in [-0.3, -0.25) is 0 Å². The highest BCUT2D eigenvalue weighted by Gasteiger charge is 2.13. The molecule has 0 unspecified atom stereocenters. The quantitative estimate of drug-likeness (QED) is 0.533. The van der Waals surface area contributed by atoms with Gasteiger partial charge in [0.2, 0.25) is 0 Å². The number of hydrogen-bond acceptors (Lipinski definition) is 3. The van der Waals surface area contributed by atoms with Crippen molar-refractivity contribution in [1.29, 1.82) is 0 Å². The van der Waals surface area contributed by atoms with Crippen LogP contribution in [0.25, 0.3) is 0 Å². The molecule has 15 heavy (non-hydrogen) atoms. The van der Waals surface area contributed by atoms with Crippen molar-refractivity contribution in [3.63, 3.8) is 0 Å². The minimum atomic E-state index is -0.295. The number of carbonyl (C=O) groups is 1. The van der Waals surface area contributed by atoms with Gasteiger partial charge in [-0.05, 0) is 57.3 Å². The second-order valence-electron chi connectivity index (χ2n) is 3.17. The predicted molar refractivity (Wildman–Crippen MR) is 77.5 cm³/mol. The average molecular weight is 431 g/mol. The third kappa shape index (κ3) is 2.96. The first-order valence-electron chi connectivity index (χ1n) is 4.22. The summed E-state index contributed by atoms with van der Waals surface area (Å²) in [6.07, 6.45) is 0. The van der Waals surface area contributed by atoms with Crippen LogP contribution in [-0.4, -0.2) is 27.2 Å². The summed E-state index contributed by atoms with van der Waals surface area (Å²) in [6, 6.07) is 3.67. The van der Waals surface area contributed by atoms with Crippen LogP contribution in [0.5, 0.6) is 0 Å². The Morgan fingerprint density at radius 2 is 1.73 bits per heavy atom. The fourth-order valence-electron chi connectivity index (χ4n) is 1.23. The molecule has 0 saturated carbocycles. The molecule has 0 fully saturated rings. The van der Waals surface area contributed by atoms with Crippen LogP contribution in [0.3, 0.4) is 0 Å². The molecule has 0 heterocycles. The number of rotatable bonds is 2. The topological polar surface area (TPSA) is 29.5 Å². The van der Waals surface area contributed by atoms with Crippen molar-refractivity contribution in [2.24, 2.45) is 0 Å². The Morgan fingerprint density at radius 3 is 2.07 bits per heavy atom. The molecule has 0 aliphatic carbocycles.